The number of methoxy groups -OCH3 is 1. The summed E-state index contributed by atoms with van der Waals surface area (Å²) in [4.78, 5) is 26.7. The number of hydrogen-bond donors (Lipinski definition) is 0. The van der Waals surface area contributed by atoms with Crippen LogP contribution in [-0.2, 0) is 17.5 Å². The lowest BCUT2D eigenvalue weighted by atomic mass is 9.94. The number of carbonyl (C=O) groups excluding carboxylic acids is 1. The Morgan fingerprint density at radius 1 is 1.22 bits per heavy atom. The van der Waals surface area contributed by atoms with Crippen LogP contribution in [0.3, 0.4) is 0 Å². The lowest BCUT2D eigenvalue weighted by Crippen LogP contribution is -2.41. The van der Waals surface area contributed by atoms with Crippen molar-refractivity contribution in [2.75, 3.05) is 32.1 Å². The summed E-state index contributed by atoms with van der Waals surface area (Å²) in [5.41, 5.74) is -0.575. The van der Waals surface area contributed by atoms with Crippen molar-refractivity contribution >= 4 is 17.3 Å². The lowest BCUT2D eigenvalue weighted by molar-refractivity contribution is -0.384. The topological polar surface area (TPSA) is 75.9 Å². The molecule has 0 unspecified atom stereocenters. The number of anilines is 1. The smallest absolute Gasteiger partial charge is 0.416 e. The highest BCUT2D eigenvalue weighted by molar-refractivity contribution is 5.79. The van der Waals surface area contributed by atoms with Crippen molar-refractivity contribution in [3.63, 3.8) is 0 Å². The van der Waals surface area contributed by atoms with Crippen molar-refractivity contribution in [3.05, 3.63) is 63.7 Å². The summed E-state index contributed by atoms with van der Waals surface area (Å²) in [5, 5.41) is 11.4. The van der Waals surface area contributed by atoms with Crippen molar-refractivity contribution in [3.8, 4) is 5.75 Å². The monoisotopic (exact) mass is 451 g/mol. The fourth-order valence-corrected chi connectivity index (χ4v) is 3.92. The Bertz CT molecular complexity index is 989. The number of nitro groups is 1. The molecule has 0 bridgehead atoms. The first kappa shape index (κ1) is 23.4. The minimum Gasteiger partial charge on any atom is -0.497 e. The molecular weight excluding hydrogens is 427 g/mol. The molecule has 0 spiro atoms. The molecule has 2 aromatic rings. The summed E-state index contributed by atoms with van der Waals surface area (Å²) < 4.78 is 44.0. The van der Waals surface area contributed by atoms with E-state index in [4.69, 9.17) is 4.74 Å². The second-order valence-corrected chi connectivity index (χ2v) is 7.77. The maximum atomic E-state index is 12.9. The number of nitro benzene ring substituents is 1. The highest BCUT2D eigenvalue weighted by Gasteiger charge is 2.35. The zero-order valence-electron chi connectivity index (χ0n) is 17.8. The van der Waals surface area contributed by atoms with Gasteiger partial charge in [0.1, 0.15) is 11.4 Å². The number of hydrogen-bond acceptors (Lipinski definition) is 5. The molecular formula is C22H24F3N3O4. The molecule has 1 saturated heterocycles. The molecule has 32 heavy (non-hydrogen) atoms. The molecule has 1 fully saturated rings. The van der Waals surface area contributed by atoms with Crippen molar-refractivity contribution in [1.82, 2.24) is 4.90 Å². The lowest BCUT2D eigenvalue weighted by Gasteiger charge is -2.34. The Labute approximate surface area is 183 Å². The van der Waals surface area contributed by atoms with Gasteiger partial charge in [-0.1, -0.05) is 12.1 Å². The summed E-state index contributed by atoms with van der Waals surface area (Å²) in [6.07, 6.45) is -3.74. The van der Waals surface area contributed by atoms with Crippen molar-refractivity contribution < 1.29 is 27.6 Å². The van der Waals surface area contributed by atoms with Gasteiger partial charge in [-0.05, 0) is 42.7 Å². The minimum absolute atomic E-state index is 0.0330. The van der Waals surface area contributed by atoms with Crippen molar-refractivity contribution in [1.29, 1.82) is 0 Å². The molecule has 0 radical (unpaired) electrons. The van der Waals surface area contributed by atoms with Crippen LogP contribution in [0.25, 0.3) is 0 Å². The summed E-state index contributed by atoms with van der Waals surface area (Å²) in [7, 11) is 3.29. The Hall–Kier alpha value is -3.30. The van der Waals surface area contributed by atoms with Gasteiger partial charge >= 0.3 is 6.18 Å². The zero-order valence-corrected chi connectivity index (χ0v) is 17.8. The van der Waals surface area contributed by atoms with Gasteiger partial charge in [-0.3, -0.25) is 14.9 Å². The normalized spacial score (nSPS) is 14.8. The summed E-state index contributed by atoms with van der Waals surface area (Å²) in [6.45, 7) is 1.10. The second kappa shape index (κ2) is 9.46. The van der Waals surface area contributed by atoms with Crippen molar-refractivity contribution in [2.45, 2.75) is 25.6 Å². The van der Waals surface area contributed by atoms with Gasteiger partial charge in [0.2, 0.25) is 5.91 Å². The Morgan fingerprint density at radius 2 is 1.91 bits per heavy atom. The number of ether oxygens (including phenoxy) is 1. The fraction of sp³-hybridized carbons (Fsp3) is 0.409. The van der Waals surface area contributed by atoms with E-state index in [0.717, 1.165) is 17.7 Å². The predicted octanol–water partition coefficient (Wildman–Crippen LogP) is 4.50. The Balaban J connectivity index is 1.65. The number of benzene rings is 2. The largest absolute Gasteiger partial charge is 0.497 e. The van der Waals surface area contributed by atoms with Gasteiger partial charge in [0.05, 0.1) is 17.6 Å². The van der Waals surface area contributed by atoms with E-state index in [2.05, 4.69) is 0 Å². The molecule has 0 N–H and O–H groups in total. The Morgan fingerprint density at radius 3 is 2.50 bits per heavy atom. The third-order valence-corrected chi connectivity index (χ3v) is 5.61. The van der Waals surface area contributed by atoms with Crippen LogP contribution in [0.1, 0.15) is 24.0 Å². The number of alkyl halides is 3. The number of halogens is 3. The number of piperidine rings is 1. The van der Waals surface area contributed by atoms with Gasteiger partial charge < -0.3 is 14.5 Å². The van der Waals surface area contributed by atoms with Crippen LogP contribution in [0.2, 0.25) is 0 Å². The molecule has 0 saturated carbocycles. The molecule has 0 atom stereocenters. The quantitative estimate of drug-likeness (QED) is 0.478. The Kier molecular flexibility index (Phi) is 6.90. The van der Waals surface area contributed by atoms with Gasteiger partial charge in [-0.15, -0.1) is 0 Å². The van der Waals surface area contributed by atoms with Crippen LogP contribution in [0, 0.1) is 16.0 Å². The predicted molar refractivity (Wildman–Crippen MR) is 113 cm³/mol. The van der Waals surface area contributed by atoms with E-state index in [-0.39, 0.29) is 17.5 Å². The van der Waals surface area contributed by atoms with E-state index in [9.17, 15) is 28.1 Å². The molecule has 1 amide bonds. The molecule has 1 aliphatic heterocycles. The first-order valence-electron chi connectivity index (χ1n) is 10.1. The molecule has 0 aromatic heterocycles. The van der Waals surface area contributed by atoms with Crippen LogP contribution in [-0.4, -0.2) is 43.0 Å². The van der Waals surface area contributed by atoms with Crippen LogP contribution in [0.4, 0.5) is 24.5 Å². The maximum absolute atomic E-state index is 12.9. The molecule has 1 aliphatic rings. The molecule has 3 rings (SSSR count). The molecule has 7 nitrogen and oxygen atoms in total. The summed E-state index contributed by atoms with van der Waals surface area (Å²) in [6, 6.07) is 9.98. The van der Waals surface area contributed by atoms with E-state index in [1.54, 1.807) is 24.0 Å². The maximum Gasteiger partial charge on any atom is 0.416 e. The minimum atomic E-state index is -4.66. The van der Waals surface area contributed by atoms with Crippen LogP contribution in [0.5, 0.6) is 5.75 Å². The zero-order chi connectivity index (χ0) is 23.5. The first-order chi connectivity index (χ1) is 15.1. The second-order valence-electron chi connectivity index (χ2n) is 7.77. The van der Waals surface area contributed by atoms with E-state index in [1.165, 1.54) is 0 Å². The number of carbonyl (C=O) groups is 1. The van der Waals surface area contributed by atoms with Crippen LogP contribution < -0.4 is 9.64 Å². The number of amides is 1. The standard InChI is InChI=1S/C22H24F3N3O4/c1-26(14-15-4-3-5-18(12-15)32-2)21(29)16-8-10-27(11-9-16)19-7-6-17(22(23,24)25)13-20(19)28(30)31/h3-7,12-13,16H,8-11,14H2,1-2H3. The number of rotatable bonds is 6. The van der Waals surface area contributed by atoms with Crippen molar-refractivity contribution in [2.24, 2.45) is 5.92 Å². The highest BCUT2D eigenvalue weighted by Crippen LogP contribution is 2.37. The molecule has 10 heteroatoms. The third-order valence-electron chi connectivity index (χ3n) is 5.61. The molecule has 1 heterocycles. The van der Waals surface area contributed by atoms with E-state index in [0.29, 0.717) is 44.3 Å². The van der Waals surface area contributed by atoms with Gasteiger partial charge in [-0.25, -0.2) is 0 Å². The van der Waals surface area contributed by atoms with Gasteiger partial charge in [0, 0.05) is 38.7 Å². The van der Waals surface area contributed by atoms with E-state index < -0.39 is 22.4 Å². The van der Waals surface area contributed by atoms with Gasteiger partial charge in [0.25, 0.3) is 5.69 Å². The summed E-state index contributed by atoms with van der Waals surface area (Å²) in [5.74, 6) is 0.416. The van der Waals surface area contributed by atoms with E-state index in [1.807, 2.05) is 24.3 Å². The average molecular weight is 451 g/mol. The molecule has 172 valence electrons. The molecule has 2 aromatic carbocycles. The van der Waals surface area contributed by atoms with Gasteiger partial charge in [0.15, 0.2) is 0 Å². The van der Waals surface area contributed by atoms with Crippen LogP contribution in [0.15, 0.2) is 42.5 Å². The third kappa shape index (κ3) is 5.30. The number of nitrogens with zero attached hydrogens (tertiary/aromatic N) is 3. The molecule has 0 aliphatic carbocycles. The summed E-state index contributed by atoms with van der Waals surface area (Å²) >= 11 is 0. The highest BCUT2D eigenvalue weighted by atomic mass is 19.4. The fourth-order valence-electron chi connectivity index (χ4n) is 3.92. The van der Waals surface area contributed by atoms with Gasteiger partial charge in [-0.2, -0.15) is 13.2 Å². The average Bonchev–Trinajstić information content (AvgIpc) is 2.77. The first-order valence-corrected chi connectivity index (χ1v) is 10.1. The van der Waals surface area contributed by atoms with E-state index >= 15 is 0 Å². The van der Waals surface area contributed by atoms with Crippen LogP contribution >= 0.6 is 0 Å². The SMILES string of the molecule is COc1cccc(CN(C)C(=O)C2CCN(c3ccc(C(F)(F)F)cc3[N+](=O)[O-])CC2)c1.